The van der Waals surface area contributed by atoms with Crippen molar-refractivity contribution in [2.75, 3.05) is 5.73 Å². The summed E-state index contributed by atoms with van der Waals surface area (Å²) in [4.78, 5) is 0. The van der Waals surface area contributed by atoms with Gasteiger partial charge in [0.1, 0.15) is 11.3 Å². The highest BCUT2D eigenvalue weighted by atomic mass is 32.2. The van der Waals surface area contributed by atoms with Gasteiger partial charge in [-0.1, -0.05) is 29.2 Å². The molecule has 3 nitrogen and oxygen atoms in total. The zero-order chi connectivity index (χ0) is 10.7. The van der Waals surface area contributed by atoms with E-state index < -0.39 is 0 Å². The number of rotatable bonds is 3. The fourth-order valence-corrected chi connectivity index (χ4v) is 2.62. The number of hydrogen-bond acceptors (Lipinski definition) is 5. The molecule has 1 aromatic heterocycles. The van der Waals surface area contributed by atoms with E-state index in [1.54, 1.807) is 17.6 Å². The Morgan fingerprint density at radius 1 is 1.47 bits per heavy atom. The lowest BCUT2D eigenvalue weighted by molar-refractivity contribution is 0.618. The van der Waals surface area contributed by atoms with Crippen molar-refractivity contribution in [1.82, 2.24) is 10.2 Å². The quantitative estimate of drug-likeness (QED) is 0.662. The Morgan fingerprint density at radius 3 is 3.00 bits per heavy atom. The van der Waals surface area contributed by atoms with Gasteiger partial charge in [-0.05, 0) is 12.1 Å². The number of anilines is 1. The van der Waals surface area contributed by atoms with Crippen LogP contribution in [-0.4, -0.2) is 10.2 Å². The average molecular weight is 241 g/mol. The minimum Gasteiger partial charge on any atom is -0.398 e. The topological polar surface area (TPSA) is 51.8 Å². The fourth-order valence-electron chi connectivity index (χ4n) is 1.09. The molecule has 2 N–H and O–H groups in total. The van der Waals surface area contributed by atoms with Crippen LogP contribution in [0.3, 0.4) is 0 Å². The number of nitrogens with zero attached hydrogens (tertiary/aromatic N) is 2. The van der Waals surface area contributed by atoms with Crippen LogP contribution in [0.1, 0.15) is 5.56 Å². The van der Waals surface area contributed by atoms with Crippen LogP contribution in [0.15, 0.2) is 28.0 Å². The maximum Gasteiger partial charge on any atom is 0.174 e. The van der Waals surface area contributed by atoms with E-state index in [0.29, 0.717) is 17.0 Å². The predicted octanol–water partition coefficient (Wildman–Crippen LogP) is 2.55. The van der Waals surface area contributed by atoms with Gasteiger partial charge in [0.15, 0.2) is 4.34 Å². The summed E-state index contributed by atoms with van der Waals surface area (Å²) in [6, 6.07) is 4.70. The van der Waals surface area contributed by atoms with Gasteiger partial charge in [-0.25, -0.2) is 4.39 Å². The molecular formula is C9H8FN3S2. The average Bonchev–Trinajstić information content (AvgIpc) is 2.70. The van der Waals surface area contributed by atoms with Crippen molar-refractivity contribution in [3.8, 4) is 0 Å². The Balaban J connectivity index is 2.11. The van der Waals surface area contributed by atoms with Crippen molar-refractivity contribution in [3.63, 3.8) is 0 Å². The molecule has 2 rings (SSSR count). The Labute approximate surface area is 94.5 Å². The maximum atomic E-state index is 13.4. The molecule has 0 aliphatic rings. The van der Waals surface area contributed by atoms with Gasteiger partial charge >= 0.3 is 0 Å². The van der Waals surface area contributed by atoms with Crippen LogP contribution in [0.2, 0.25) is 0 Å². The largest absolute Gasteiger partial charge is 0.398 e. The summed E-state index contributed by atoms with van der Waals surface area (Å²) in [6.07, 6.45) is 0. The van der Waals surface area contributed by atoms with E-state index in [2.05, 4.69) is 10.2 Å². The maximum absolute atomic E-state index is 13.4. The number of benzene rings is 1. The normalized spacial score (nSPS) is 10.5. The Hall–Kier alpha value is -1.14. The number of halogens is 1. The van der Waals surface area contributed by atoms with Gasteiger partial charge in [0.05, 0.1) is 0 Å². The van der Waals surface area contributed by atoms with Crippen LogP contribution in [0.5, 0.6) is 0 Å². The first-order chi connectivity index (χ1) is 7.27. The summed E-state index contributed by atoms with van der Waals surface area (Å²) in [7, 11) is 0. The Kier molecular flexibility index (Phi) is 3.17. The molecule has 6 heteroatoms. The highest BCUT2D eigenvalue weighted by molar-refractivity contribution is 8.00. The molecule has 0 fully saturated rings. The van der Waals surface area contributed by atoms with Gasteiger partial charge in [-0.2, -0.15) is 0 Å². The van der Waals surface area contributed by atoms with E-state index in [0.717, 1.165) is 4.34 Å². The van der Waals surface area contributed by atoms with Gasteiger partial charge < -0.3 is 5.73 Å². The molecule has 0 unspecified atom stereocenters. The monoisotopic (exact) mass is 241 g/mol. The second kappa shape index (κ2) is 4.59. The standard InChI is InChI=1S/C9H8FN3S2/c10-7-2-1-3-8(11)6(7)4-14-9-13-12-5-15-9/h1-3,5H,4,11H2. The van der Waals surface area contributed by atoms with Crippen LogP contribution in [0.4, 0.5) is 10.1 Å². The van der Waals surface area contributed by atoms with Crippen LogP contribution in [0.25, 0.3) is 0 Å². The van der Waals surface area contributed by atoms with E-state index in [4.69, 9.17) is 5.73 Å². The molecule has 1 heterocycles. The van der Waals surface area contributed by atoms with Gasteiger partial charge in [0.25, 0.3) is 0 Å². The lowest BCUT2D eigenvalue weighted by atomic mass is 10.2. The molecule has 0 bridgehead atoms. The molecule has 1 aromatic carbocycles. The summed E-state index contributed by atoms with van der Waals surface area (Å²) in [5.74, 6) is 0.209. The molecule has 2 aromatic rings. The van der Waals surface area contributed by atoms with Crippen LogP contribution < -0.4 is 5.73 Å². The molecule has 78 valence electrons. The summed E-state index contributed by atoms with van der Waals surface area (Å²) < 4.78 is 14.2. The molecule has 0 amide bonds. The highest BCUT2D eigenvalue weighted by Crippen LogP contribution is 2.27. The van der Waals surface area contributed by atoms with E-state index in [1.165, 1.54) is 29.2 Å². The van der Waals surface area contributed by atoms with Crippen LogP contribution >= 0.6 is 23.1 Å². The van der Waals surface area contributed by atoms with Crippen molar-refractivity contribution in [2.45, 2.75) is 10.1 Å². The van der Waals surface area contributed by atoms with Crippen molar-refractivity contribution >= 4 is 28.8 Å². The number of hydrogen-bond donors (Lipinski definition) is 1. The summed E-state index contributed by atoms with van der Waals surface area (Å²) in [5.41, 5.74) is 8.33. The first kappa shape index (κ1) is 10.4. The Bertz CT molecular complexity index is 424. The van der Waals surface area contributed by atoms with Crippen LogP contribution in [0, 0.1) is 5.82 Å². The number of nitrogens with two attached hydrogens (primary N) is 1. The van der Waals surface area contributed by atoms with Gasteiger partial charge in [-0.15, -0.1) is 10.2 Å². The smallest absolute Gasteiger partial charge is 0.174 e. The predicted molar refractivity (Wildman–Crippen MR) is 60.3 cm³/mol. The van der Waals surface area contributed by atoms with E-state index in [-0.39, 0.29) is 5.82 Å². The van der Waals surface area contributed by atoms with Crippen LogP contribution in [-0.2, 0) is 5.75 Å². The molecular weight excluding hydrogens is 233 g/mol. The highest BCUT2D eigenvalue weighted by Gasteiger charge is 2.07. The molecule has 0 aliphatic heterocycles. The number of aromatic nitrogens is 2. The van der Waals surface area contributed by atoms with Crippen molar-refractivity contribution in [2.24, 2.45) is 0 Å². The van der Waals surface area contributed by atoms with Gasteiger partial charge in [-0.3, -0.25) is 0 Å². The zero-order valence-corrected chi connectivity index (χ0v) is 9.32. The third-order valence-electron chi connectivity index (χ3n) is 1.84. The van der Waals surface area contributed by atoms with Crippen molar-refractivity contribution < 1.29 is 4.39 Å². The SMILES string of the molecule is Nc1cccc(F)c1CSc1nncs1. The van der Waals surface area contributed by atoms with E-state index in [1.807, 2.05) is 0 Å². The number of nitrogen functional groups attached to an aromatic ring is 1. The zero-order valence-electron chi connectivity index (χ0n) is 7.68. The molecule has 0 atom stereocenters. The third-order valence-corrected chi connectivity index (χ3v) is 3.72. The minimum atomic E-state index is -0.271. The summed E-state index contributed by atoms with van der Waals surface area (Å²) >= 11 is 2.86. The second-order valence-electron chi connectivity index (χ2n) is 2.80. The molecule has 0 saturated carbocycles. The Morgan fingerprint density at radius 2 is 2.33 bits per heavy atom. The number of thioether (sulfide) groups is 1. The van der Waals surface area contributed by atoms with Gasteiger partial charge in [0, 0.05) is 17.0 Å². The molecule has 0 radical (unpaired) electrons. The van der Waals surface area contributed by atoms with E-state index >= 15 is 0 Å². The van der Waals surface area contributed by atoms with Crippen molar-refractivity contribution in [1.29, 1.82) is 0 Å². The lowest BCUT2D eigenvalue weighted by Crippen LogP contribution is -1.95. The molecule has 0 spiro atoms. The molecule has 0 aliphatic carbocycles. The lowest BCUT2D eigenvalue weighted by Gasteiger charge is -2.04. The van der Waals surface area contributed by atoms with Gasteiger partial charge in [0.2, 0.25) is 0 Å². The summed E-state index contributed by atoms with van der Waals surface area (Å²) in [5, 5.41) is 7.56. The summed E-state index contributed by atoms with van der Waals surface area (Å²) in [6.45, 7) is 0. The molecule has 0 saturated heterocycles. The third kappa shape index (κ3) is 2.45. The first-order valence-corrected chi connectivity index (χ1v) is 6.05. The second-order valence-corrected chi connectivity index (χ2v) is 4.86. The fraction of sp³-hybridized carbons (Fsp3) is 0.111. The minimum absolute atomic E-state index is 0.271. The first-order valence-electron chi connectivity index (χ1n) is 4.19. The molecule has 15 heavy (non-hydrogen) atoms. The van der Waals surface area contributed by atoms with Crippen molar-refractivity contribution in [3.05, 3.63) is 35.1 Å². The van der Waals surface area contributed by atoms with E-state index in [9.17, 15) is 4.39 Å².